The first-order chi connectivity index (χ1) is 12.4. The van der Waals surface area contributed by atoms with Crippen molar-refractivity contribution in [2.75, 3.05) is 7.11 Å². The number of methoxy groups -OCH3 is 1. The molecule has 0 heterocycles. The number of fused-ring (bicyclic) bond motifs is 3. The van der Waals surface area contributed by atoms with Crippen LogP contribution in [0.4, 0.5) is 4.39 Å². The molecule has 0 amide bonds. The van der Waals surface area contributed by atoms with Gasteiger partial charge in [0, 0.05) is 21.6 Å². The van der Waals surface area contributed by atoms with E-state index in [2.05, 4.69) is 48.0 Å². The molecule has 0 fully saturated rings. The maximum Gasteiger partial charge on any atom is 0.141 e. The van der Waals surface area contributed by atoms with E-state index in [4.69, 9.17) is 16.3 Å². The lowest BCUT2D eigenvalue weighted by Crippen LogP contribution is -2.16. The van der Waals surface area contributed by atoms with Gasteiger partial charge in [0.1, 0.15) is 11.6 Å². The van der Waals surface area contributed by atoms with Gasteiger partial charge < -0.3 is 4.74 Å². The highest BCUT2D eigenvalue weighted by molar-refractivity contribution is 9.10. The summed E-state index contributed by atoms with van der Waals surface area (Å²) in [5, 5.41) is 0.487. The quantitative estimate of drug-likeness (QED) is 0.416. The molecule has 26 heavy (non-hydrogen) atoms. The van der Waals surface area contributed by atoms with Gasteiger partial charge in [-0.2, -0.15) is 0 Å². The molecule has 0 spiro atoms. The normalized spacial score (nSPS) is 14.1. The Morgan fingerprint density at radius 2 is 1.69 bits per heavy atom. The lowest BCUT2D eigenvalue weighted by molar-refractivity contribution is 0.412. The Bertz CT molecular complexity index is 1040. The Morgan fingerprint density at radius 3 is 2.42 bits per heavy atom. The minimum Gasteiger partial charge on any atom is -0.495 e. The molecule has 1 aliphatic carbocycles. The highest BCUT2D eigenvalue weighted by atomic mass is 79.9. The molecule has 0 saturated carbocycles. The van der Waals surface area contributed by atoms with Gasteiger partial charge in [-0.1, -0.05) is 49.7 Å². The molecule has 1 aliphatic rings. The summed E-state index contributed by atoms with van der Waals surface area (Å²) in [4.78, 5) is 0. The summed E-state index contributed by atoms with van der Waals surface area (Å²) in [7, 11) is 1.60. The maximum absolute atomic E-state index is 14.6. The van der Waals surface area contributed by atoms with Gasteiger partial charge >= 0.3 is 0 Å². The number of benzene rings is 3. The zero-order valence-corrected chi connectivity index (χ0v) is 17.0. The summed E-state index contributed by atoms with van der Waals surface area (Å²) in [6, 6.07) is 14.9. The van der Waals surface area contributed by atoms with Gasteiger partial charge in [0.25, 0.3) is 0 Å². The van der Waals surface area contributed by atoms with Crippen LogP contribution in [-0.4, -0.2) is 7.11 Å². The van der Waals surface area contributed by atoms with Gasteiger partial charge in [-0.25, -0.2) is 4.39 Å². The van der Waals surface area contributed by atoms with Gasteiger partial charge in [0.05, 0.1) is 11.6 Å². The fourth-order valence-electron chi connectivity index (χ4n) is 3.96. The van der Waals surface area contributed by atoms with E-state index in [1.807, 2.05) is 12.1 Å². The molecule has 0 N–H and O–H groups in total. The summed E-state index contributed by atoms with van der Waals surface area (Å²) in [5.74, 6) is 0.288. The fraction of sp³-hybridized carbons (Fsp3) is 0.182. The topological polar surface area (TPSA) is 9.23 Å². The second kappa shape index (κ2) is 6.11. The van der Waals surface area contributed by atoms with E-state index in [0.29, 0.717) is 21.9 Å². The molecule has 1 nitrogen and oxygen atoms in total. The van der Waals surface area contributed by atoms with Crippen LogP contribution in [-0.2, 0) is 5.41 Å². The van der Waals surface area contributed by atoms with E-state index in [-0.39, 0.29) is 11.2 Å². The van der Waals surface area contributed by atoms with Crippen LogP contribution < -0.4 is 4.74 Å². The molecule has 3 aromatic carbocycles. The molecule has 4 rings (SSSR count). The summed E-state index contributed by atoms with van der Waals surface area (Å²) in [6.45, 7) is 4.39. The Balaban J connectivity index is 2.10. The lowest BCUT2D eigenvalue weighted by atomic mass is 9.82. The van der Waals surface area contributed by atoms with E-state index >= 15 is 0 Å². The fourth-order valence-corrected chi connectivity index (χ4v) is 5.21. The molecule has 0 radical (unpaired) electrons. The Kier molecular flexibility index (Phi) is 4.13. The van der Waals surface area contributed by atoms with E-state index in [1.54, 1.807) is 19.2 Å². The van der Waals surface area contributed by atoms with Gasteiger partial charge in [0.15, 0.2) is 0 Å². The first-order valence-electron chi connectivity index (χ1n) is 8.32. The second-order valence-corrected chi connectivity index (χ2v) is 8.22. The molecule has 0 bridgehead atoms. The summed E-state index contributed by atoms with van der Waals surface area (Å²) < 4.78 is 21.1. The van der Waals surface area contributed by atoms with Gasteiger partial charge in [0.2, 0.25) is 0 Å². The Hall–Kier alpha value is -1.84. The van der Waals surface area contributed by atoms with Crippen molar-refractivity contribution in [3.05, 3.63) is 75.0 Å². The molecular formula is C22H17BrClFO. The highest BCUT2D eigenvalue weighted by Crippen LogP contribution is 2.55. The molecule has 0 saturated heterocycles. The van der Waals surface area contributed by atoms with Crippen LogP contribution in [0.3, 0.4) is 0 Å². The van der Waals surface area contributed by atoms with Crippen molar-refractivity contribution < 1.29 is 9.13 Å². The van der Waals surface area contributed by atoms with Crippen molar-refractivity contribution in [1.82, 2.24) is 0 Å². The smallest absolute Gasteiger partial charge is 0.141 e. The van der Waals surface area contributed by atoms with Crippen LogP contribution in [0.2, 0.25) is 5.02 Å². The van der Waals surface area contributed by atoms with Gasteiger partial charge in [-0.15, -0.1) is 0 Å². The van der Waals surface area contributed by atoms with E-state index in [0.717, 1.165) is 15.6 Å². The van der Waals surface area contributed by atoms with Crippen LogP contribution in [0.15, 0.2) is 53.0 Å². The monoisotopic (exact) mass is 430 g/mol. The van der Waals surface area contributed by atoms with Crippen LogP contribution >= 0.6 is 27.5 Å². The summed E-state index contributed by atoms with van der Waals surface area (Å²) in [5.41, 5.74) is 5.60. The van der Waals surface area contributed by atoms with Crippen molar-refractivity contribution in [2.45, 2.75) is 19.3 Å². The molecule has 3 aromatic rings. The molecule has 0 atom stereocenters. The SMILES string of the molecule is COc1c(-c2cc(Cl)ccc2F)cc2c(c1Br)C(C)(C)c1ccccc1-2. The van der Waals surface area contributed by atoms with Gasteiger partial charge in [-0.3, -0.25) is 0 Å². The lowest BCUT2D eigenvalue weighted by Gasteiger charge is -2.24. The first kappa shape index (κ1) is 17.6. The van der Waals surface area contributed by atoms with Crippen molar-refractivity contribution in [2.24, 2.45) is 0 Å². The van der Waals surface area contributed by atoms with E-state index in [1.165, 1.54) is 17.2 Å². The minimum absolute atomic E-state index is 0.177. The molecule has 4 heteroatoms. The summed E-state index contributed by atoms with van der Waals surface area (Å²) in [6.07, 6.45) is 0. The van der Waals surface area contributed by atoms with Crippen LogP contribution in [0.25, 0.3) is 22.3 Å². The van der Waals surface area contributed by atoms with Crippen LogP contribution in [0, 0.1) is 5.82 Å². The third-order valence-electron chi connectivity index (χ3n) is 5.16. The molecule has 0 aliphatic heterocycles. The number of hydrogen-bond donors (Lipinski definition) is 0. The standard InChI is InChI=1S/C22H17BrClFO/c1-22(2)17-7-5-4-6-13(17)15-11-16(21(26-3)20(23)19(15)22)14-10-12(24)8-9-18(14)25/h4-11H,1-3H3. The number of rotatable bonds is 2. The maximum atomic E-state index is 14.6. The van der Waals surface area contributed by atoms with E-state index < -0.39 is 0 Å². The molecule has 0 aromatic heterocycles. The van der Waals surface area contributed by atoms with Crippen LogP contribution in [0.1, 0.15) is 25.0 Å². The predicted octanol–water partition coefficient (Wildman–Crippen LogP) is 7.22. The third kappa shape index (κ3) is 2.41. The van der Waals surface area contributed by atoms with Crippen molar-refractivity contribution in [3.63, 3.8) is 0 Å². The van der Waals surface area contributed by atoms with Crippen molar-refractivity contribution in [3.8, 4) is 28.0 Å². The van der Waals surface area contributed by atoms with E-state index in [9.17, 15) is 4.39 Å². The molecule has 0 unspecified atom stereocenters. The minimum atomic E-state index is -0.329. The van der Waals surface area contributed by atoms with Gasteiger partial charge in [-0.05, 0) is 62.4 Å². The Labute approximate surface area is 165 Å². The molecule has 132 valence electrons. The second-order valence-electron chi connectivity index (χ2n) is 6.99. The number of hydrogen-bond acceptors (Lipinski definition) is 1. The number of halogens is 3. The number of ether oxygens (including phenoxy) is 1. The third-order valence-corrected chi connectivity index (χ3v) is 6.15. The predicted molar refractivity (Wildman–Crippen MR) is 109 cm³/mol. The average Bonchev–Trinajstić information content (AvgIpc) is 2.85. The largest absolute Gasteiger partial charge is 0.495 e. The average molecular weight is 432 g/mol. The van der Waals surface area contributed by atoms with Crippen LogP contribution in [0.5, 0.6) is 5.75 Å². The molecular weight excluding hydrogens is 415 g/mol. The zero-order chi connectivity index (χ0) is 18.6. The Morgan fingerprint density at radius 1 is 0.962 bits per heavy atom. The highest BCUT2D eigenvalue weighted by Gasteiger charge is 2.39. The zero-order valence-electron chi connectivity index (χ0n) is 14.7. The van der Waals surface area contributed by atoms with Crippen molar-refractivity contribution >= 4 is 27.5 Å². The summed E-state index contributed by atoms with van der Waals surface area (Å²) >= 11 is 9.86. The first-order valence-corrected chi connectivity index (χ1v) is 9.49. The van der Waals surface area contributed by atoms with Crippen molar-refractivity contribution in [1.29, 1.82) is 0 Å².